The molecule has 0 radical (unpaired) electrons. The van der Waals surface area contributed by atoms with Crippen molar-refractivity contribution in [2.75, 3.05) is 13.2 Å². The molecule has 1 unspecified atom stereocenters. The molecule has 18 fully saturated rings. The highest BCUT2D eigenvalue weighted by Crippen LogP contribution is 2.65. The van der Waals surface area contributed by atoms with E-state index in [-0.39, 0.29) is 83.8 Å². The second kappa shape index (κ2) is 47.4. The molecule has 850 valence electrons. The van der Waals surface area contributed by atoms with Crippen LogP contribution in [-0.2, 0) is 115 Å². The number of carbonyl (C=O) groups is 16. The van der Waals surface area contributed by atoms with Gasteiger partial charge in [0.05, 0.1) is 102 Å². The second-order valence-corrected chi connectivity index (χ2v) is 53.3. The van der Waals surface area contributed by atoms with E-state index >= 15 is 0 Å². The van der Waals surface area contributed by atoms with Crippen LogP contribution in [0.2, 0.25) is 0 Å². The topological polar surface area (TPSA) is 533 Å². The first-order valence-electron chi connectivity index (χ1n) is 51.8. The zero-order valence-corrected chi connectivity index (χ0v) is 92.6. The lowest BCUT2D eigenvalue weighted by molar-refractivity contribution is -0.220. The maximum atomic E-state index is 13.5. The molecule has 18 rings (SSSR count). The molecule has 18 aliphatic rings. The van der Waals surface area contributed by atoms with E-state index in [1.165, 1.54) is 207 Å². The van der Waals surface area contributed by atoms with Gasteiger partial charge < -0.3 is 79.5 Å². The smallest absolute Gasteiger partial charge is 0.481 e. The monoisotopic (exact) mass is 2100 g/mol. The van der Waals surface area contributed by atoms with Gasteiger partial charge in [-0.15, -0.1) is 0 Å². The molecule has 0 spiro atoms. The van der Waals surface area contributed by atoms with Gasteiger partial charge in [-0.25, -0.2) is 0 Å². The van der Waals surface area contributed by atoms with Gasteiger partial charge in [-0.1, -0.05) is 54.0 Å². The fourth-order valence-corrected chi connectivity index (χ4v) is 23.6. The lowest BCUT2D eigenvalue weighted by atomic mass is 9.50. The molecule has 2 saturated heterocycles. The third-order valence-corrected chi connectivity index (χ3v) is 40.7. The normalized spacial score (nSPS) is 29.8. The Kier molecular flexibility index (Phi) is 43.3. The van der Waals surface area contributed by atoms with Crippen molar-refractivity contribution in [3.8, 4) is 0 Å². The van der Waals surface area contributed by atoms with E-state index in [1.54, 1.807) is 102 Å². The molecule has 32 nitrogen and oxygen atoms in total. The standard InChI is InChI=1S/C25H38O6.2C19H30O4.C16H26O7.C11H16.2C8H14O4.C6H8O2.4CH4.H2O/c1-22(2,20(27)30-24(5)7-8-29-19(26)14-24)23(3,4)21(28)31-25(6)17-10-15-9-16(12-17)13-18(25)11-15;2*1-17(2,15(20)21)18(3,4)16(22)23-19(5)13-7-11-6-12(9-13)10-14(19)8-11;1-13(2,9(17)18)15(5,6)11(21)23-12(22)16(7,8)14(3,4)10(19)20;1-7-10-3-8-2-9(5-10)6-11(7)4-8;2*1-7(2,5(9)10)8(3,4)6(11)12;1-5-2-3-8-6(7)4-5;;;;;/h15-18H,7-14H2,1-6H3;2*11-14H,6-10H2,1-5H3,(H,20,21);1-8H3,(H,17,18)(H,19,20);8-11H,1-6H2;2*1-4H3,(H,9,10)(H,11,12);1-4H2;4*1H4;1H2/p+5. The van der Waals surface area contributed by atoms with Crippen LogP contribution >= 0.6 is 0 Å². The van der Waals surface area contributed by atoms with E-state index in [0.717, 1.165) is 96.9 Å². The van der Waals surface area contributed by atoms with Crippen LogP contribution in [0, 0.1) is 170 Å². The van der Waals surface area contributed by atoms with Crippen molar-refractivity contribution in [3.63, 3.8) is 0 Å². The number of esters is 8. The predicted octanol–water partition coefficient (Wildman–Crippen LogP) is 22.9. The molecule has 32 heteroatoms. The quantitative estimate of drug-likeness (QED) is 0.0138. The number of carboxylic acid groups (broad SMARTS) is 8. The third kappa shape index (κ3) is 26.8. The summed E-state index contributed by atoms with van der Waals surface area (Å²) in [5, 5.41) is 72.5. The Balaban J connectivity index is -0.00000170. The number of hydrogen-bond acceptors (Lipinski definition) is 23. The minimum Gasteiger partial charge on any atom is -0.481 e. The van der Waals surface area contributed by atoms with Crippen LogP contribution in [0.3, 0.4) is 0 Å². The van der Waals surface area contributed by atoms with Crippen molar-refractivity contribution >= 4 is 95.5 Å². The van der Waals surface area contributed by atoms with E-state index in [2.05, 4.69) is 38.7 Å². The van der Waals surface area contributed by atoms with E-state index in [9.17, 15) is 97.1 Å². The molecule has 2 aliphatic heterocycles. The van der Waals surface area contributed by atoms with Crippen molar-refractivity contribution in [1.29, 1.82) is 0 Å². The molecule has 148 heavy (non-hydrogen) atoms. The van der Waals surface area contributed by atoms with Crippen LogP contribution in [-0.4, -0.2) is 172 Å². The Hall–Kier alpha value is -8.84. The van der Waals surface area contributed by atoms with E-state index in [4.69, 9.17) is 48.8 Å². The number of hydrogen-bond donors (Lipinski definition) is 8. The van der Waals surface area contributed by atoms with Gasteiger partial charge in [0.25, 0.3) is 0 Å². The number of aliphatic carboxylic acids is 8. The molecule has 16 saturated carbocycles. The summed E-state index contributed by atoms with van der Waals surface area (Å²) in [6.45, 7) is 59.1. The Morgan fingerprint density at radius 1 is 0.277 bits per heavy atom. The Bertz CT molecular complexity index is 4510. The van der Waals surface area contributed by atoms with Gasteiger partial charge in [0.2, 0.25) is 0 Å². The molecule has 11 N–H and O–H groups in total. The molecule has 0 aromatic heterocycles. The van der Waals surface area contributed by atoms with Gasteiger partial charge in [0.1, 0.15) is 22.4 Å². The van der Waals surface area contributed by atoms with Crippen molar-refractivity contribution in [2.45, 2.75) is 428 Å². The summed E-state index contributed by atoms with van der Waals surface area (Å²) < 4.78 is 38.8. The summed E-state index contributed by atoms with van der Waals surface area (Å²) in [7, 11) is 0. The minimum atomic E-state index is -1.49. The first-order valence-corrected chi connectivity index (χ1v) is 51.8. The summed E-state index contributed by atoms with van der Waals surface area (Å²) in [4.78, 5) is 188. The molecule has 16 aliphatic carbocycles. The molecular weight excluding hydrogens is 1910 g/mol. The lowest BCUT2D eigenvalue weighted by Gasteiger charge is -2.59. The van der Waals surface area contributed by atoms with Gasteiger partial charge in [0, 0.05) is 12.8 Å². The van der Waals surface area contributed by atoms with Crippen LogP contribution in [0.1, 0.15) is 411 Å². The summed E-state index contributed by atoms with van der Waals surface area (Å²) in [5.74, 6) is -1.25. The van der Waals surface area contributed by atoms with E-state index < -0.39 is 164 Å². The van der Waals surface area contributed by atoms with Crippen molar-refractivity contribution < 1.29 is 162 Å². The van der Waals surface area contributed by atoms with Crippen LogP contribution in [0.4, 0.5) is 0 Å². The average molecular weight is 2110 g/mol. The van der Waals surface area contributed by atoms with Gasteiger partial charge >= 0.3 is 101 Å². The van der Waals surface area contributed by atoms with E-state index in [1.807, 2.05) is 0 Å². The predicted molar refractivity (Wildman–Crippen MR) is 566 cm³/mol. The third-order valence-electron chi connectivity index (χ3n) is 40.7. The summed E-state index contributed by atoms with van der Waals surface area (Å²) in [6, 6.07) is 0. The van der Waals surface area contributed by atoms with Crippen molar-refractivity contribution in [1.82, 2.24) is 0 Å². The highest BCUT2D eigenvalue weighted by atomic mass is 16.6. The average Bonchev–Trinajstić information content (AvgIpc) is 0.728. The SMILES string of the molecule is C.C.C.C.C=C1C2CC3CC(C2)CC1C3.C=C1CCOC(=O)C1.CC(C)(C(=O)O)C(C)(C)C(=O)O.CC(C)(C(=O)O)C(C)(C)C(=O)O.CC(C)(C(=O)O)C(C)(C)C(=O)OC(=O)C(C)(C)C(C)(C)C(=O)O.CC1(OC(=O)C(C)(C)C(C)(C)C(=O)O)C2CC3CC(C2)CC1C3.CC1(OC(=O)C(C)(C)C(C)(C)C(=O)O)C2CC3CC(C2)CC1C3.CC1(OC(=O)C(C)(C)C(C)(C)C(=O)OC2(C)C3CC4CC(C3)CC2C4)CCOC(=O)C1.[H+].[H+].[H+].[H+].[OH3+]. The van der Waals surface area contributed by atoms with Crippen LogP contribution < -0.4 is 0 Å². The van der Waals surface area contributed by atoms with Crippen molar-refractivity contribution in [3.05, 3.63) is 24.3 Å². The van der Waals surface area contributed by atoms with Crippen LogP contribution in [0.5, 0.6) is 0 Å². The Morgan fingerprint density at radius 3 is 0.649 bits per heavy atom. The van der Waals surface area contributed by atoms with Gasteiger partial charge in [-0.2, -0.15) is 0 Å². The zero-order valence-electron chi connectivity index (χ0n) is 96.6. The largest absolute Gasteiger partial charge is 1.00 e. The molecule has 0 aromatic rings. The summed E-state index contributed by atoms with van der Waals surface area (Å²) in [6.07, 6.45) is 27.2. The fraction of sp³-hybridized carbons (Fsp3) is 0.828. The number of rotatable bonds is 25. The maximum Gasteiger partial charge on any atom is 1.00 e. The van der Waals surface area contributed by atoms with Gasteiger partial charge in [0.15, 0.2) is 0 Å². The molecule has 0 aromatic carbocycles. The van der Waals surface area contributed by atoms with Crippen LogP contribution in [0.25, 0.3) is 0 Å². The van der Waals surface area contributed by atoms with E-state index in [0.29, 0.717) is 55.0 Å². The highest BCUT2D eigenvalue weighted by molar-refractivity contribution is 5.97. The molecular formula is C116H199O32+5. The number of carboxylic acids is 8. The number of carbonyl (C=O) groups excluding carboxylic acids is 8. The first-order chi connectivity index (χ1) is 64.6. The molecule has 0 amide bonds. The lowest BCUT2D eigenvalue weighted by Crippen LogP contribution is -2.60. The minimum absolute atomic E-state index is 0. The first kappa shape index (κ1) is 135. The Morgan fingerprint density at radius 2 is 0.459 bits per heavy atom. The number of cyclic esters (lactones) is 2. The molecule has 1 atom stereocenters. The zero-order chi connectivity index (χ0) is 110. The highest BCUT2D eigenvalue weighted by Gasteiger charge is 2.66. The summed E-state index contributed by atoms with van der Waals surface area (Å²) >= 11 is 0. The summed E-state index contributed by atoms with van der Waals surface area (Å²) in [5.41, 5.74) is -17.2. The van der Waals surface area contributed by atoms with Gasteiger partial charge in [-0.3, -0.25) is 76.7 Å². The maximum absolute atomic E-state index is 13.5. The van der Waals surface area contributed by atoms with Gasteiger partial charge in [-0.05, 0) is 445 Å². The Labute approximate surface area is 888 Å². The molecule has 2 heterocycles. The second-order valence-electron chi connectivity index (χ2n) is 53.3. The fourth-order valence-electron chi connectivity index (χ4n) is 23.6. The number of ether oxygens (including phenoxy) is 7. The number of allylic oxidation sites excluding steroid dienone is 1. The molecule has 16 bridgehead atoms. The van der Waals surface area contributed by atoms with Crippen LogP contribution in [0.15, 0.2) is 24.3 Å². The van der Waals surface area contributed by atoms with Crippen molar-refractivity contribution in [2.24, 2.45) is 170 Å².